The van der Waals surface area contributed by atoms with Crippen molar-refractivity contribution in [1.82, 2.24) is 9.97 Å². The van der Waals surface area contributed by atoms with E-state index in [0.29, 0.717) is 32.2 Å². The van der Waals surface area contributed by atoms with E-state index in [1.54, 1.807) is 42.8 Å². The molecular formula is C17H12N2O4S2. The molecular weight excluding hydrogens is 360 g/mol. The lowest BCUT2D eigenvalue weighted by Crippen LogP contribution is -2.16. The fraction of sp³-hybridized carbons (Fsp3) is 0.118. The van der Waals surface area contributed by atoms with Crippen molar-refractivity contribution in [3.05, 3.63) is 62.3 Å². The Morgan fingerprint density at radius 1 is 1.32 bits per heavy atom. The topological polar surface area (TPSA) is 85.2 Å². The minimum atomic E-state index is -0.666. The first-order valence-corrected chi connectivity index (χ1v) is 9.19. The number of hydrogen-bond acceptors (Lipinski definition) is 7. The van der Waals surface area contributed by atoms with Crippen LogP contribution in [0, 0.1) is 0 Å². The summed E-state index contributed by atoms with van der Waals surface area (Å²) in [6.45, 7) is 1.68. The highest BCUT2D eigenvalue weighted by Crippen LogP contribution is 2.31. The zero-order chi connectivity index (χ0) is 17.4. The summed E-state index contributed by atoms with van der Waals surface area (Å²) < 4.78 is 10.8. The van der Waals surface area contributed by atoms with Gasteiger partial charge in [-0.15, -0.1) is 22.7 Å². The van der Waals surface area contributed by atoms with E-state index >= 15 is 0 Å². The third-order valence-electron chi connectivity index (χ3n) is 3.64. The van der Waals surface area contributed by atoms with E-state index in [1.165, 1.54) is 22.7 Å². The third-order valence-corrected chi connectivity index (χ3v) is 5.36. The summed E-state index contributed by atoms with van der Waals surface area (Å²) in [4.78, 5) is 32.8. The maximum atomic E-state index is 12.5. The number of rotatable bonds is 4. The van der Waals surface area contributed by atoms with Crippen LogP contribution in [-0.4, -0.2) is 15.9 Å². The first-order chi connectivity index (χ1) is 12.1. The minimum absolute atomic E-state index is 0.285. The Morgan fingerprint density at radius 2 is 2.20 bits per heavy atom. The van der Waals surface area contributed by atoms with Gasteiger partial charge in [-0.25, -0.2) is 9.78 Å². The molecule has 6 nitrogen and oxygen atoms in total. The zero-order valence-electron chi connectivity index (χ0n) is 13.0. The van der Waals surface area contributed by atoms with Crippen LogP contribution >= 0.6 is 22.7 Å². The second-order valence-electron chi connectivity index (χ2n) is 5.28. The van der Waals surface area contributed by atoms with Crippen LogP contribution in [0.2, 0.25) is 0 Å². The van der Waals surface area contributed by atoms with Gasteiger partial charge in [0.05, 0.1) is 11.6 Å². The second kappa shape index (κ2) is 6.30. The van der Waals surface area contributed by atoms with Crippen LogP contribution in [-0.2, 0) is 4.74 Å². The molecule has 25 heavy (non-hydrogen) atoms. The van der Waals surface area contributed by atoms with Gasteiger partial charge in [0.2, 0.25) is 0 Å². The van der Waals surface area contributed by atoms with E-state index in [1.807, 2.05) is 5.38 Å². The monoisotopic (exact) mass is 372 g/mol. The third kappa shape index (κ3) is 2.90. The zero-order valence-corrected chi connectivity index (χ0v) is 14.6. The Labute approximate surface area is 149 Å². The highest BCUT2D eigenvalue weighted by Gasteiger charge is 2.20. The van der Waals surface area contributed by atoms with Gasteiger partial charge in [-0.1, -0.05) is 6.07 Å². The standard InChI is InChI=1S/C17H12N2O4S2/c1-9(23-17(21)12-5-3-7-24-12)14-18-15(20)13-10(8-25-16(13)19-14)11-4-2-6-22-11/h2-9H,1H3,(H,18,19,20). The molecule has 0 amide bonds. The number of carbonyl (C=O) groups is 1. The molecule has 126 valence electrons. The Morgan fingerprint density at radius 3 is 2.92 bits per heavy atom. The molecule has 0 aromatic carbocycles. The molecule has 4 rings (SSSR count). The lowest BCUT2D eigenvalue weighted by atomic mass is 10.2. The number of thiophene rings is 2. The largest absolute Gasteiger partial charge is 0.464 e. The highest BCUT2D eigenvalue weighted by atomic mass is 32.1. The number of furan rings is 1. The van der Waals surface area contributed by atoms with Crippen LogP contribution in [0.4, 0.5) is 0 Å². The number of ether oxygens (including phenoxy) is 1. The molecule has 0 aliphatic heterocycles. The van der Waals surface area contributed by atoms with Crippen LogP contribution in [0.5, 0.6) is 0 Å². The Hall–Kier alpha value is -2.71. The first-order valence-electron chi connectivity index (χ1n) is 7.43. The number of nitrogens with one attached hydrogen (secondary N) is 1. The summed E-state index contributed by atoms with van der Waals surface area (Å²) in [6, 6.07) is 7.02. The molecule has 0 saturated carbocycles. The van der Waals surface area contributed by atoms with E-state index < -0.39 is 12.1 Å². The highest BCUT2D eigenvalue weighted by molar-refractivity contribution is 7.17. The summed E-state index contributed by atoms with van der Waals surface area (Å²) >= 11 is 2.65. The molecule has 4 heterocycles. The quantitative estimate of drug-likeness (QED) is 0.542. The summed E-state index contributed by atoms with van der Waals surface area (Å²) in [6.07, 6.45) is 0.891. The van der Waals surface area contributed by atoms with Crippen LogP contribution < -0.4 is 5.56 Å². The van der Waals surface area contributed by atoms with Gasteiger partial charge >= 0.3 is 5.97 Å². The van der Waals surface area contributed by atoms with E-state index in [2.05, 4.69) is 9.97 Å². The molecule has 4 aromatic heterocycles. The van der Waals surface area contributed by atoms with E-state index in [4.69, 9.17) is 9.15 Å². The number of hydrogen-bond donors (Lipinski definition) is 1. The predicted molar refractivity (Wildman–Crippen MR) is 96.1 cm³/mol. The number of H-pyrrole nitrogens is 1. The number of aromatic amines is 1. The average Bonchev–Trinajstić information content (AvgIpc) is 3.34. The maximum absolute atomic E-state index is 12.5. The van der Waals surface area contributed by atoms with Gasteiger partial charge in [-0.3, -0.25) is 4.79 Å². The van der Waals surface area contributed by atoms with Gasteiger partial charge in [-0.05, 0) is 30.5 Å². The van der Waals surface area contributed by atoms with Crippen molar-refractivity contribution in [2.24, 2.45) is 0 Å². The molecule has 0 saturated heterocycles. The molecule has 0 radical (unpaired) electrons. The number of fused-ring (bicyclic) bond motifs is 1. The van der Waals surface area contributed by atoms with Crippen molar-refractivity contribution in [3.63, 3.8) is 0 Å². The van der Waals surface area contributed by atoms with Gasteiger partial charge in [-0.2, -0.15) is 0 Å². The molecule has 8 heteroatoms. The molecule has 0 bridgehead atoms. The number of esters is 1. The maximum Gasteiger partial charge on any atom is 0.349 e. The summed E-state index contributed by atoms with van der Waals surface area (Å²) in [5.74, 6) is 0.492. The van der Waals surface area contributed by atoms with Crippen LogP contribution in [0.1, 0.15) is 28.5 Å². The van der Waals surface area contributed by atoms with Crippen LogP contribution in [0.25, 0.3) is 21.5 Å². The van der Waals surface area contributed by atoms with Gasteiger partial charge in [0.15, 0.2) is 11.9 Å². The molecule has 4 aromatic rings. The fourth-order valence-corrected chi connectivity index (χ4v) is 3.98. The Bertz CT molecular complexity index is 1080. The molecule has 1 N–H and O–H groups in total. The molecule has 0 spiro atoms. The van der Waals surface area contributed by atoms with E-state index in [9.17, 15) is 9.59 Å². The van der Waals surface area contributed by atoms with Gasteiger partial charge in [0, 0.05) is 10.9 Å². The van der Waals surface area contributed by atoms with Crippen molar-refractivity contribution >= 4 is 38.9 Å². The molecule has 0 fully saturated rings. The van der Waals surface area contributed by atoms with Crippen LogP contribution in [0.15, 0.2) is 50.5 Å². The first kappa shape index (κ1) is 15.8. The average molecular weight is 372 g/mol. The van der Waals surface area contributed by atoms with Gasteiger partial charge < -0.3 is 14.1 Å². The summed E-state index contributed by atoms with van der Waals surface area (Å²) in [7, 11) is 0. The molecule has 1 unspecified atom stereocenters. The SMILES string of the molecule is CC(OC(=O)c1cccs1)c1nc2scc(-c3ccco3)c2c(=O)[nH]1. The summed E-state index contributed by atoms with van der Waals surface area (Å²) in [5.41, 5.74) is 0.417. The van der Waals surface area contributed by atoms with Crippen LogP contribution in [0.3, 0.4) is 0 Å². The van der Waals surface area contributed by atoms with Gasteiger partial charge in [0.25, 0.3) is 5.56 Å². The normalized spacial score (nSPS) is 12.4. The predicted octanol–water partition coefficient (Wildman–Crippen LogP) is 4.22. The van der Waals surface area contributed by atoms with Crippen molar-refractivity contribution < 1.29 is 13.9 Å². The second-order valence-corrected chi connectivity index (χ2v) is 7.09. The Kier molecular flexibility index (Phi) is 3.98. The van der Waals surface area contributed by atoms with Crippen molar-refractivity contribution in [2.45, 2.75) is 13.0 Å². The van der Waals surface area contributed by atoms with Crippen molar-refractivity contribution in [1.29, 1.82) is 0 Å². The van der Waals surface area contributed by atoms with Gasteiger partial charge in [0.1, 0.15) is 15.5 Å². The van der Waals surface area contributed by atoms with Crippen molar-refractivity contribution in [3.8, 4) is 11.3 Å². The Balaban J connectivity index is 1.67. The number of carbonyl (C=O) groups excluding carboxylic acids is 1. The molecule has 0 aliphatic rings. The van der Waals surface area contributed by atoms with Crippen molar-refractivity contribution in [2.75, 3.05) is 0 Å². The number of aromatic nitrogens is 2. The molecule has 1 atom stereocenters. The minimum Gasteiger partial charge on any atom is -0.464 e. The lowest BCUT2D eigenvalue weighted by molar-refractivity contribution is 0.0326. The fourth-order valence-electron chi connectivity index (χ4n) is 2.44. The summed E-state index contributed by atoms with van der Waals surface area (Å²) in [5, 5.41) is 4.10. The number of nitrogens with zero attached hydrogens (tertiary/aromatic N) is 1. The van der Waals surface area contributed by atoms with E-state index in [-0.39, 0.29) is 5.56 Å². The van der Waals surface area contributed by atoms with E-state index in [0.717, 1.165) is 0 Å². The molecule has 0 aliphatic carbocycles. The lowest BCUT2D eigenvalue weighted by Gasteiger charge is -2.11. The smallest absolute Gasteiger partial charge is 0.349 e.